The second-order valence-corrected chi connectivity index (χ2v) is 4.09. The first-order chi connectivity index (χ1) is 9.29. The molecule has 0 aliphatic carbocycles. The topological polar surface area (TPSA) is 26.3 Å². The van der Waals surface area contributed by atoms with Crippen LogP contribution < -0.4 is 0 Å². The Bertz CT molecular complexity index is 571. The lowest BCUT2D eigenvalue weighted by Crippen LogP contribution is -2.04. The summed E-state index contributed by atoms with van der Waals surface area (Å²) in [5, 5.41) is 0. The van der Waals surface area contributed by atoms with Gasteiger partial charge in [0.1, 0.15) is 0 Å². The number of esters is 1. The monoisotopic (exact) mass is 252 g/mol. The molecule has 96 valence electrons. The number of carbonyl (C=O) groups is 1. The van der Waals surface area contributed by atoms with E-state index in [1.54, 1.807) is 13.0 Å². The van der Waals surface area contributed by atoms with Crippen LogP contribution in [0.3, 0.4) is 0 Å². The molecule has 0 atom stereocenters. The van der Waals surface area contributed by atoms with E-state index in [2.05, 4.69) is 0 Å². The van der Waals surface area contributed by atoms with E-state index >= 15 is 0 Å². The third kappa shape index (κ3) is 3.81. The molecule has 0 bridgehead atoms. The lowest BCUT2D eigenvalue weighted by atomic mass is 10.1. The summed E-state index contributed by atoms with van der Waals surface area (Å²) in [5.74, 6) is -0.280. The van der Waals surface area contributed by atoms with Crippen LogP contribution in [0.2, 0.25) is 0 Å². The summed E-state index contributed by atoms with van der Waals surface area (Å²) in [5.41, 5.74) is 2.69. The fraction of sp³-hybridized carbons (Fsp3) is 0.118. The summed E-state index contributed by atoms with van der Waals surface area (Å²) in [4.78, 5) is 11.6. The third-order valence-corrected chi connectivity index (χ3v) is 2.67. The van der Waals surface area contributed by atoms with Crippen LogP contribution in [0.4, 0.5) is 0 Å². The van der Waals surface area contributed by atoms with Crippen LogP contribution in [-0.2, 0) is 4.74 Å². The number of ether oxygens (including phenoxy) is 1. The van der Waals surface area contributed by atoms with Gasteiger partial charge in [-0.3, -0.25) is 0 Å². The van der Waals surface area contributed by atoms with Gasteiger partial charge in [0.15, 0.2) is 0 Å². The van der Waals surface area contributed by atoms with Crippen LogP contribution in [0.5, 0.6) is 0 Å². The van der Waals surface area contributed by atoms with E-state index in [0.29, 0.717) is 12.2 Å². The molecule has 0 fully saturated rings. The first-order valence-electron chi connectivity index (χ1n) is 6.30. The van der Waals surface area contributed by atoms with E-state index in [4.69, 9.17) is 4.74 Å². The first kappa shape index (κ1) is 13.1. The van der Waals surface area contributed by atoms with Crippen molar-refractivity contribution in [1.29, 1.82) is 0 Å². The Morgan fingerprint density at radius 3 is 2.42 bits per heavy atom. The molecule has 0 spiro atoms. The largest absolute Gasteiger partial charge is 0.462 e. The summed E-state index contributed by atoms with van der Waals surface area (Å²) < 4.78 is 4.98. The molecule has 0 amide bonds. The highest BCUT2D eigenvalue weighted by molar-refractivity contribution is 5.90. The Balaban J connectivity index is 2.15. The van der Waals surface area contributed by atoms with Gasteiger partial charge in [-0.15, -0.1) is 0 Å². The van der Waals surface area contributed by atoms with Gasteiger partial charge in [0, 0.05) is 0 Å². The molecule has 2 nitrogen and oxygen atoms in total. The van der Waals surface area contributed by atoms with Crippen molar-refractivity contribution in [3.63, 3.8) is 0 Å². The zero-order chi connectivity index (χ0) is 13.5. The minimum absolute atomic E-state index is 0.280. The predicted octanol–water partition coefficient (Wildman–Crippen LogP) is 4.03. The fourth-order valence-electron chi connectivity index (χ4n) is 1.74. The van der Waals surface area contributed by atoms with Crippen molar-refractivity contribution in [2.75, 3.05) is 6.61 Å². The van der Waals surface area contributed by atoms with Gasteiger partial charge in [-0.1, -0.05) is 54.6 Å². The highest BCUT2D eigenvalue weighted by atomic mass is 16.5. The van der Waals surface area contributed by atoms with E-state index < -0.39 is 0 Å². The summed E-state index contributed by atoms with van der Waals surface area (Å²) in [7, 11) is 0. The average molecular weight is 252 g/mol. The van der Waals surface area contributed by atoms with E-state index in [-0.39, 0.29) is 5.97 Å². The molecule has 2 aromatic rings. The van der Waals surface area contributed by atoms with Crippen molar-refractivity contribution in [3.05, 3.63) is 71.3 Å². The summed E-state index contributed by atoms with van der Waals surface area (Å²) in [6.07, 6.45) is 4.00. The minimum atomic E-state index is -0.280. The average Bonchev–Trinajstić information content (AvgIpc) is 2.47. The van der Waals surface area contributed by atoms with E-state index in [9.17, 15) is 4.79 Å². The smallest absolute Gasteiger partial charge is 0.338 e. The van der Waals surface area contributed by atoms with Crippen LogP contribution in [0.25, 0.3) is 12.2 Å². The van der Waals surface area contributed by atoms with Gasteiger partial charge < -0.3 is 4.74 Å². The first-order valence-corrected chi connectivity index (χ1v) is 6.30. The van der Waals surface area contributed by atoms with Gasteiger partial charge in [0.25, 0.3) is 0 Å². The molecular weight excluding hydrogens is 236 g/mol. The molecule has 0 unspecified atom stereocenters. The zero-order valence-electron chi connectivity index (χ0n) is 10.9. The van der Waals surface area contributed by atoms with E-state index in [1.165, 1.54) is 0 Å². The van der Waals surface area contributed by atoms with Crippen molar-refractivity contribution >= 4 is 18.1 Å². The van der Waals surface area contributed by atoms with Crippen molar-refractivity contribution in [2.24, 2.45) is 0 Å². The van der Waals surface area contributed by atoms with Crippen LogP contribution >= 0.6 is 0 Å². The molecule has 0 saturated carbocycles. The van der Waals surface area contributed by atoms with E-state index in [0.717, 1.165) is 11.1 Å². The highest BCUT2D eigenvalue weighted by Crippen LogP contribution is 2.11. The van der Waals surface area contributed by atoms with Gasteiger partial charge in [0.05, 0.1) is 12.2 Å². The Labute approximate surface area is 113 Å². The number of benzene rings is 2. The lowest BCUT2D eigenvalue weighted by Gasteiger charge is -2.02. The zero-order valence-corrected chi connectivity index (χ0v) is 10.9. The summed E-state index contributed by atoms with van der Waals surface area (Å²) >= 11 is 0. The Hall–Kier alpha value is -2.35. The summed E-state index contributed by atoms with van der Waals surface area (Å²) in [6, 6.07) is 17.5. The fourth-order valence-corrected chi connectivity index (χ4v) is 1.74. The minimum Gasteiger partial charge on any atom is -0.462 e. The lowest BCUT2D eigenvalue weighted by molar-refractivity contribution is 0.0526. The van der Waals surface area contributed by atoms with Crippen molar-refractivity contribution < 1.29 is 9.53 Å². The van der Waals surface area contributed by atoms with Crippen LogP contribution in [0.1, 0.15) is 28.4 Å². The van der Waals surface area contributed by atoms with E-state index in [1.807, 2.05) is 60.7 Å². The van der Waals surface area contributed by atoms with Gasteiger partial charge in [-0.25, -0.2) is 4.79 Å². The maximum Gasteiger partial charge on any atom is 0.338 e. The number of hydrogen-bond acceptors (Lipinski definition) is 2. The molecule has 2 aromatic carbocycles. The number of hydrogen-bond donors (Lipinski definition) is 0. The second kappa shape index (κ2) is 6.55. The molecule has 0 aliphatic rings. The van der Waals surface area contributed by atoms with Gasteiger partial charge >= 0.3 is 5.97 Å². The Kier molecular flexibility index (Phi) is 4.51. The maximum absolute atomic E-state index is 11.6. The molecule has 2 rings (SSSR count). The Morgan fingerprint density at radius 2 is 1.68 bits per heavy atom. The van der Waals surface area contributed by atoms with Crippen molar-refractivity contribution in [1.82, 2.24) is 0 Å². The maximum atomic E-state index is 11.6. The molecule has 0 saturated heterocycles. The number of carbonyl (C=O) groups excluding carboxylic acids is 1. The number of rotatable bonds is 4. The van der Waals surface area contributed by atoms with Crippen LogP contribution in [0, 0.1) is 0 Å². The predicted molar refractivity (Wildman–Crippen MR) is 77.8 cm³/mol. The molecule has 0 N–H and O–H groups in total. The molecular formula is C17H16O2. The normalized spacial score (nSPS) is 10.6. The SMILES string of the molecule is CCOC(=O)c1cccc(C=Cc2ccccc2)c1. The van der Waals surface area contributed by atoms with Gasteiger partial charge in [-0.05, 0) is 30.2 Å². The molecule has 0 aromatic heterocycles. The molecule has 0 radical (unpaired) electrons. The van der Waals surface area contributed by atoms with Crippen molar-refractivity contribution in [2.45, 2.75) is 6.92 Å². The Morgan fingerprint density at radius 1 is 1.00 bits per heavy atom. The van der Waals surface area contributed by atoms with Crippen LogP contribution in [0.15, 0.2) is 54.6 Å². The molecule has 19 heavy (non-hydrogen) atoms. The highest BCUT2D eigenvalue weighted by Gasteiger charge is 2.05. The second-order valence-electron chi connectivity index (χ2n) is 4.09. The van der Waals surface area contributed by atoms with Crippen molar-refractivity contribution in [3.8, 4) is 0 Å². The molecule has 0 heterocycles. The quantitative estimate of drug-likeness (QED) is 0.606. The standard InChI is InChI=1S/C17H16O2/c1-2-19-17(18)16-10-6-9-15(13-16)12-11-14-7-4-3-5-8-14/h3-13H,2H2,1H3. The van der Waals surface area contributed by atoms with Gasteiger partial charge in [0.2, 0.25) is 0 Å². The summed E-state index contributed by atoms with van der Waals surface area (Å²) in [6.45, 7) is 2.19. The van der Waals surface area contributed by atoms with Gasteiger partial charge in [-0.2, -0.15) is 0 Å². The van der Waals surface area contributed by atoms with Crippen LogP contribution in [-0.4, -0.2) is 12.6 Å². The third-order valence-electron chi connectivity index (χ3n) is 2.67. The molecule has 2 heteroatoms. The molecule has 0 aliphatic heterocycles.